The van der Waals surface area contributed by atoms with Gasteiger partial charge in [0.1, 0.15) is 0 Å². The first kappa shape index (κ1) is 25.0. The maximum atomic E-state index is 7.32. The van der Waals surface area contributed by atoms with E-state index in [0.29, 0.717) is 79.3 Å². The fraction of sp³-hybridized carbons (Fsp3) is 0.875. The van der Waals surface area contributed by atoms with Crippen LogP contribution in [0.25, 0.3) is 0 Å². The van der Waals surface area contributed by atoms with Gasteiger partial charge >= 0.3 is 0 Å². The Kier molecular flexibility index (Phi) is 27.7. The minimum Gasteiger partial charge on any atom is -0.377 e. The molecule has 1 fully saturated rings. The van der Waals surface area contributed by atoms with Crippen LogP contribution in [0.4, 0.5) is 0 Å². The molecular weight excluding hydrogens is 316 g/mol. The maximum absolute atomic E-state index is 7.32. The summed E-state index contributed by atoms with van der Waals surface area (Å²) in [5, 5.41) is 14.6. The molecule has 0 aromatic rings. The lowest BCUT2D eigenvalue weighted by atomic mass is 10.6. The summed E-state index contributed by atoms with van der Waals surface area (Å²) in [6, 6.07) is 3.50. The second-order valence-electron chi connectivity index (χ2n) is 4.12. The molecule has 1 aliphatic heterocycles. The smallest absolute Gasteiger partial charge is 0.0701 e. The zero-order valence-electron chi connectivity index (χ0n) is 14.8. The predicted molar refractivity (Wildman–Crippen MR) is 87.5 cm³/mol. The molecule has 1 rings (SSSR count). The molecule has 1 aliphatic rings. The van der Waals surface area contributed by atoms with Crippen LogP contribution >= 0.6 is 0 Å². The lowest BCUT2D eigenvalue weighted by Crippen LogP contribution is -2.16. The van der Waals surface area contributed by atoms with Crippen LogP contribution < -0.4 is 0 Å². The van der Waals surface area contributed by atoms with Gasteiger partial charge in [0, 0.05) is 13.8 Å². The van der Waals surface area contributed by atoms with Crippen LogP contribution in [-0.4, -0.2) is 79.3 Å². The van der Waals surface area contributed by atoms with Crippen molar-refractivity contribution in [3.8, 4) is 12.1 Å². The Bertz CT molecular complexity index is 217. The number of rotatable bonds is 0. The summed E-state index contributed by atoms with van der Waals surface area (Å²) in [6.45, 7) is 9.90. The molecule has 0 unspecified atom stereocenters. The molecule has 0 bridgehead atoms. The lowest BCUT2D eigenvalue weighted by Gasteiger charge is -2.09. The summed E-state index contributed by atoms with van der Waals surface area (Å²) in [5.74, 6) is 0. The molecule has 140 valence electrons. The largest absolute Gasteiger partial charge is 0.377 e. The monoisotopic (exact) mass is 346 g/mol. The average molecular weight is 346 g/mol. The summed E-state index contributed by atoms with van der Waals surface area (Å²) >= 11 is 0. The van der Waals surface area contributed by atoms with Crippen molar-refractivity contribution in [2.45, 2.75) is 13.8 Å². The van der Waals surface area contributed by atoms with Gasteiger partial charge in [-0.3, -0.25) is 0 Å². The van der Waals surface area contributed by atoms with Crippen molar-refractivity contribution in [2.75, 3.05) is 79.3 Å². The van der Waals surface area contributed by atoms with Crippen molar-refractivity contribution in [1.29, 1.82) is 10.5 Å². The molecule has 0 N–H and O–H groups in total. The second kappa shape index (κ2) is 26.6. The fourth-order valence-electron chi connectivity index (χ4n) is 1.32. The second-order valence-corrected chi connectivity index (χ2v) is 4.12. The van der Waals surface area contributed by atoms with E-state index in [1.54, 1.807) is 12.1 Å². The van der Waals surface area contributed by atoms with E-state index < -0.39 is 0 Å². The van der Waals surface area contributed by atoms with Crippen LogP contribution in [0.5, 0.6) is 0 Å². The van der Waals surface area contributed by atoms with E-state index in [1.165, 1.54) is 13.8 Å². The third-order valence-corrected chi connectivity index (χ3v) is 2.23. The third-order valence-electron chi connectivity index (χ3n) is 2.23. The van der Waals surface area contributed by atoms with E-state index >= 15 is 0 Å². The highest BCUT2D eigenvalue weighted by atomic mass is 16.6. The van der Waals surface area contributed by atoms with E-state index in [1.807, 2.05) is 0 Å². The van der Waals surface area contributed by atoms with Crippen LogP contribution in [0, 0.1) is 22.7 Å². The van der Waals surface area contributed by atoms with Gasteiger partial charge in [0.2, 0.25) is 0 Å². The predicted octanol–water partition coefficient (Wildman–Crippen LogP) is 1.16. The summed E-state index contributed by atoms with van der Waals surface area (Å²) in [5.41, 5.74) is 0. The van der Waals surface area contributed by atoms with Gasteiger partial charge in [-0.15, -0.1) is 0 Å². The summed E-state index contributed by atoms with van der Waals surface area (Å²) in [7, 11) is 0. The number of hydrogen-bond donors (Lipinski definition) is 0. The van der Waals surface area contributed by atoms with Gasteiger partial charge in [-0.2, -0.15) is 10.5 Å². The molecule has 0 saturated carbocycles. The molecule has 0 aromatic heterocycles. The lowest BCUT2D eigenvalue weighted by molar-refractivity contribution is -0.0334. The highest BCUT2D eigenvalue weighted by Crippen LogP contribution is 1.86. The first-order chi connectivity index (χ1) is 11.8. The maximum Gasteiger partial charge on any atom is 0.0701 e. The number of nitrogens with zero attached hydrogens (tertiary/aromatic N) is 2. The quantitative estimate of drug-likeness (QED) is 0.644. The summed E-state index contributed by atoms with van der Waals surface area (Å²) in [6.07, 6.45) is 0. The first-order valence-electron chi connectivity index (χ1n) is 7.91. The van der Waals surface area contributed by atoms with E-state index in [9.17, 15) is 0 Å². The Balaban J connectivity index is 0. The van der Waals surface area contributed by atoms with E-state index in [4.69, 9.17) is 38.9 Å². The molecule has 0 aromatic carbocycles. The molecule has 0 radical (unpaired) electrons. The Hall–Kier alpha value is -1.26. The van der Waals surface area contributed by atoms with Gasteiger partial charge in [0.25, 0.3) is 0 Å². The highest BCUT2D eigenvalue weighted by molar-refractivity contribution is 4.51. The normalized spacial score (nSPS) is 18.7. The molecule has 1 saturated heterocycles. The molecule has 0 amide bonds. The first-order valence-corrected chi connectivity index (χ1v) is 7.91. The van der Waals surface area contributed by atoms with Gasteiger partial charge in [0.05, 0.1) is 91.4 Å². The number of hydrogen-bond acceptors (Lipinski definition) is 8. The van der Waals surface area contributed by atoms with Crippen molar-refractivity contribution < 1.29 is 28.4 Å². The van der Waals surface area contributed by atoms with Gasteiger partial charge in [-0.25, -0.2) is 0 Å². The number of ether oxygens (including phenoxy) is 6. The van der Waals surface area contributed by atoms with E-state index in [-0.39, 0.29) is 0 Å². The average Bonchev–Trinajstić information content (AvgIpc) is 2.56. The topological polar surface area (TPSA) is 103 Å². The zero-order valence-corrected chi connectivity index (χ0v) is 14.8. The van der Waals surface area contributed by atoms with Crippen molar-refractivity contribution in [3.63, 3.8) is 0 Å². The molecule has 8 nitrogen and oxygen atoms in total. The third kappa shape index (κ3) is 28.8. The van der Waals surface area contributed by atoms with Gasteiger partial charge in [-0.05, 0) is 0 Å². The van der Waals surface area contributed by atoms with E-state index in [2.05, 4.69) is 0 Å². The van der Waals surface area contributed by atoms with Crippen molar-refractivity contribution in [3.05, 3.63) is 0 Å². The van der Waals surface area contributed by atoms with Crippen molar-refractivity contribution in [2.24, 2.45) is 0 Å². The molecule has 0 aliphatic carbocycles. The van der Waals surface area contributed by atoms with Crippen LogP contribution in [0.2, 0.25) is 0 Å². The van der Waals surface area contributed by atoms with Crippen molar-refractivity contribution in [1.82, 2.24) is 0 Å². The summed E-state index contributed by atoms with van der Waals surface area (Å²) < 4.78 is 32.0. The summed E-state index contributed by atoms with van der Waals surface area (Å²) in [4.78, 5) is 0. The van der Waals surface area contributed by atoms with Crippen molar-refractivity contribution >= 4 is 0 Å². The minimum atomic E-state index is 0.586. The van der Waals surface area contributed by atoms with Gasteiger partial charge in [0.15, 0.2) is 0 Å². The van der Waals surface area contributed by atoms with Crippen LogP contribution in [0.3, 0.4) is 0 Å². The molecular formula is C16H30N2O6. The molecule has 24 heavy (non-hydrogen) atoms. The van der Waals surface area contributed by atoms with Gasteiger partial charge < -0.3 is 28.4 Å². The number of nitriles is 2. The van der Waals surface area contributed by atoms with Crippen LogP contribution in [0.1, 0.15) is 13.8 Å². The van der Waals surface area contributed by atoms with Crippen LogP contribution in [0.15, 0.2) is 0 Å². The van der Waals surface area contributed by atoms with E-state index in [0.717, 1.165) is 0 Å². The highest BCUT2D eigenvalue weighted by Gasteiger charge is 1.95. The minimum absolute atomic E-state index is 0.586. The standard InChI is InChI=1S/C12H24O6.2C2H3N/c1-2-14-5-6-16-9-10-18-12-11-17-8-7-15-4-3-13-1;2*1-2-3/h1-12H2;2*1H3. The molecule has 0 spiro atoms. The molecule has 1 heterocycles. The Morgan fingerprint density at radius 1 is 0.417 bits per heavy atom. The zero-order chi connectivity index (χ0) is 18.1. The Labute approximate surface area is 145 Å². The fourth-order valence-corrected chi connectivity index (χ4v) is 1.32. The molecule has 0 atom stereocenters. The Morgan fingerprint density at radius 3 is 0.583 bits per heavy atom. The SMILES string of the molecule is C1COCCOCCOCCOCCOCCO1.CC#N.CC#N. The van der Waals surface area contributed by atoms with Gasteiger partial charge in [-0.1, -0.05) is 0 Å². The Morgan fingerprint density at radius 2 is 0.500 bits per heavy atom. The van der Waals surface area contributed by atoms with Crippen LogP contribution in [-0.2, 0) is 28.4 Å². The molecule has 8 heteroatoms.